The molecule has 2 N–H and O–H groups in total. The number of carbonyl (C=O) groups is 3. The number of thiophene rings is 1. The second-order valence-corrected chi connectivity index (χ2v) is 9.10. The molecule has 0 aliphatic carbocycles. The number of amides is 4. The van der Waals surface area contributed by atoms with Gasteiger partial charge in [-0.1, -0.05) is 13.0 Å². The first-order valence-electron chi connectivity index (χ1n) is 9.17. The van der Waals surface area contributed by atoms with Crippen LogP contribution in [0, 0.1) is 0 Å². The molecule has 4 rings (SSSR count). The van der Waals surface area contributed by atoms with Crippen molar-refractivity contribution in [2.24, 2.45) is 0 Å². The third kappa shape index (κ3) is 3.41. The molecule has 3 fully saturated rings. The smallest absolute Gasteiger partial charge is 0.337 e. The van der Waals surface area contributed by atoms with Crippen molar-refractivity contribution in [3.8, 4) is 0 Å². The molecule has 1 aromatic rings. The molecule has 4 heterocycles. The number of rotatable bonds is 6. The second-order valence-electron chi connectivity index (χ2n) is 6.82. The standard InChI is InChI=1S/C17H23N5O3S2/c1-2-6-18-13(23)10-21-17(25)22-12-5-8-27-14(12)15(24)20(16(22)19-21)9-11-4-3-7-26-11/h3-4,7,12,14,16,19H,2,5-6,8-10H2,1H3,(H,18,23). The van der Waals surface area contributed by atoms with Gasteiger partial charge in [0, 0.05) is 11.4 Å². The number of thioether (sulfide) groups is 1. The van der Waals surface area contributed by atoms with Crippen LogP contribution in [0.5, 0.6) is 0 Å². The predicted octanol–water partition coefficient (Wildman–Crippen LogP) is 1.02. The number of carbonyl (C=O) groups excluding carboxylic acids is 3. The van der Waals surface area contributed by atoms with Crippen LogP contribution in [0.3, 0.4) is 0 Å². The number of hydrogen-bond donors (Lipinski definition) is 2. The van der Waals surface area contributed by atoms with E-state index in [0.29, 0.717) is 13.1 Å². The van der Waals surface area contributed by atoms with E-state index in [1.807, 2.05) is 24.4 Å². The van der Waals surface area contributed by atoms with Crippen LogP contribution < -0.4 is 10.7 Å². The average molecular weight is 410 g/mol. The minimum Gasteiger partial charge on any atom is -0.355 e. The quantitative estimate of drug-likeness (QED) is 0.733. The Labute approximate surface area is 166 Å². The zero-order valence-electron chi connectivity index (χ0n) is 15.1. The average Bonchev–Trinajstić information content (AvgIpc) is 3.38. The lowest BCUT2D eigenvalue weighted by Crippen LogP contribution is -2.65. The van der Waals surface area contributed by atoms with Gasteiger partial charge < -0.3 is 10.2 Å². The van der Waals surface area contributed by atoms with Crippen molar-refractivity contribution < 1.29 is 14.4 Å². The molecule has 3 unspecified atom stereocenters. The van der Waals surface area contributed by atoms with E-state index < -0.39 is 6.29 Å². The van der Waals surface area contributed by atoms with Crippen molar-refractivity contribution in [1.29, 1.82) is 0 Å². The third-order valence-electron chi connectivity index (χ3n) is 5.01. The summed E-state index contributed by atoms with van der Waals surface area (Å²) in [5.41, 5.74) is 3.10. The molecule has 27 heavy (non-hydrogen) atoms. The van der Waals surface area contributed by atoms with Gasteiger partial charge in [-0.05, 0) is 30.0 Å². The van der Waals surface area contributed by atoms with E-state index in [0.717, 1.165) is 23.5 Å². The Hall–Kier alpha value is -1.78. The van der Waals surface area contributed by atoms with Crippen LogP contribution in [0.25, 0.3) is 0 Å². The molecule has 0 spiro atoms. The Balaban J connectivity index is 1.55. The highest BCUT2D eigenvalue weighted by Crippen LogP contribution is 2.40. The van der Waals surface area contributed by atoms with Crippen LogP contribution in [0.4, 0.5) is 4.79 Å². The van der Waals surface area contributed by atoms with Gasteiger partial charge in [0.2, 0.25) is 11.8 Å². The Morgan fingerprint density at radius 2 is 2.26 bits per heavy atom. The molecule has 0 radical (unpaired) electrons. The maximum atomic E-state index is 13.1. The molecule has 0 bridgehead atoms. The zero-order chi connectivity index (χ0) is 19.0. The molecule has 146 valence electrons. The molecule has 3 atom stereocenters. The SMILES string of the molecule is CCCNC(=O)CN1NC2N(Cc3cccs3)C(=O)C3SCCC3N2C1=O. The first-order chi connectivity index (χ1) is 13.1. The Bertz CT molecular complexity index is 728. The van der Waals surface area contributed by atoms with Crippen LogP contribution in [-0.2, 0) is 16.1 Å². The molecule has 3 saturated heterocycles. The highest BCUT2D eigenvalue weighted by Gasteiger charge is 2.56. The largest absolute Gasteiger partial charge is 0.355 e. The van der Waals surface area contributed by atoms with E-state index in [2.05, 4.69) is 10.7 Å². The summed E-state index contributed by atoms with van der Waals surface area (Å²) in [6.45, 7) is 2.96. The van der Waals surface area contributed by atoms with Crippen molar-refractivity contribution in [3.05, 3.63) is 22.4 Å². The summed E-state index contributed by atoms with van der Waals surface area (Å²) in [7, 11) is 0. The molecule has 3 aliphatic rings. The fourth-order valence-corrected chi connectivity index (χ4v) is 5.84. The molecule has 8 nitrogen and oxygen atoms in total. The van der Waals surface area contributed by atoms with Crippen molar-refractivity contribution >= 4 is 40.9 Å². The molecular formula is C17H23N5O3S2. The van der Waals surface area contributed by atoms with Gasteiger partial charge in [0.25, 0.3) is 0 Å². The molecule has 4 amide bonds. The lowest BCUT2D eigenvalue weighted by atomic mass is 10.1. The summed E-state index contributed by atoms with van der Waals surface area (Å²) in [4.78, 5) is 42.7. The molecule has 3 aliphatic heterocycles. The molecular weight excluding hydrogens is 386 g/mol. The summed E-state index contributed by atoms with van der Waals surface area (Å²) in [6.07, 6.45) is 1.10. The van der Waals surface area contributed by atoms with E-state index in [4.69, 9.17) is 0 Å². The molecule has 0 aromatic carbocycles. The fraction of sp³-hybridized carbons (Fsp3) is 0.588. The first kappa shape index (κ1) is 18.6. The lowest BCUT2D eigenvalue weighted by Gasteiger charge is -2.44. The fourth-order valence-electron chi connectivity index (χ4n) is 3.74. The second kappa shape index (κ2) is 7.69. The third-order valence-corrected chi connectivity index (χ3v) is 7.21. The maximum Gasteiger partial charge on any atom is 0.337 e. The molecule has 1 aromatic heterocycles. The van der Waals surface area contributed by atoms with E-state index in [-0.39, 0.29) is 35.7 Å². The van der Waals surface area contributed by atoms with Crippen molar-refractivity contribution in [3.63, 3.8) is 0 Å². The van der Waals surface area contributed by atoms with Gasteiger partial charge in [-0.2, -0.15) is 5.43 Å². The summed E-state index contributed by atoms with van der Waals surface area (Å²) in [5.74, 6) is 0.724. The van der Waals surface area contributed by atoms with E-state index in [9.17, 15) is 14.4 Å². The maximum absolute atomic E-state index is 13.1. The Morgan fingerprint density at radius 3 is 3.00 bits per heavy atom. The van der Waals surface area contributed by atoms with Crippen molar-refractivity contribution in [1.82, 2.24) is 25.6 Å². The molecule has 0 saturated carbocycles. The van der Waals surface area contributed by atoms with Crippen LogP contribution in [0.1, 0.15) is 24.6 Å². The van der Waals surface area contributed by atoms with Gasteiger partial charge in [-0.15, -0.1) is 23.1 Å². The summed E-state index contributed by atoms with van der Waals surface area (Å²) in [6, 6.07) is 3.60. The summed E-state index contributed by atoms with van der Waals surface area (Å²) >= 11 is 3.21. The predicted molar refractivity (Wildman–Crippen MR) is 104 cm³/mol. The van der Waals surface area contributed by atoms with Gasteiger partial charge in [0.15, 0.2) is 6.29 Å². The number of fused-ring (bicyclic) bond motifs is 3. The Kier molecular flexibility index (Phi) is 5.29. The number of urea groups is 1. The van der Waals surface area contributed by atoms with Crippen LogP contribution >= 0.6 is 23.1 Å². The van der Waals surface area contributed by atoms with Crippen LogP contribution in [0.15, 0.2) is 17.5 Å². The normalized spacial score (nSPS) is 27.1. The lowest BCUT2D eigenvalue weighted by molar-refractivity contribution is -0.145. The minimum atomic E-state index is -0.536. The number of hydrazine groups is 1. The summed E-state index contributed by atoms with van der Waals surface area (Å²) < 4.78 is 0. The van der Waals surface area contributed by atoms with Gasteiger partial charge in [0.1, 0.15) is 11.8 Å². The zero-order valence-corrected chi connectivity index (χ0v) is 16.7. The van der Waals surface area contributed by atoms with Gasteiger partial charge >= 0.3 is 6.03 Å². The highest BCUT2D eigenvalue weighted by atomic mass is 32.2. The minimum absolute atomic E-state index is 0.0581. The van der Waals surface area contributed by atoms with Crippen molar-refractivity contribution in [2.75, 3.05) is 18.8 Å². The summed E-state index contributed by atoms with van der Waals surface area (Å²) in [5, 5.41) is 5.89. The Morgan fingerprint density at radius 1 is 1.41 bits per heavy atom. The monoisotopic (exact) mass is 409 g/mol. The van der Waals surface area contributed by atoms with E-state index in [1.54, 1.807) is 32.9 Å². The topological polar surface area (TPSA) is 85.0 Å². The number of hydrogen-bond acceptors (Lipinski definition) is 6. The van der Waals surface area contributed by atoms with Crippen LogP contribution in [0.2, 0.25) is 0 Å². The number of nitrogens with one attached hydrogen (secondary N) is 2. The van der Waals surface area contributed by atoms with Gasteiger partial charge in [0.05, 0.1) is 12.6 Å². The first-order valence-corrected chi connectivity index (χ1v) is 11.1. The van der Waals surface area contributed by atoms with Crippen molar-refractivity contribution in [2.45, 2.75) is 43.9 Å². The van der Waals surface area contributed by atoms with Gasteiger partial charge in [-0.25, -0.2) is 9.80 Å². The molecule has 10 heteroatoms. The van der Waals surface area contributed by atoms with E-state index >= 15 is 0 Å². The van der Waals surface area contributed by atoms with Gasteiger partial charge in [-0.3, -0.25) is 14.5 Å². The van der Waals surface area contributed by atoms with E-state index in [1.165, 1.54) is 5.01 Å². The number of nitrogens with zero attached hydrogens (tertiary/aromatic N) is 3. The van der Waals surface area contributed by atoms with Crippen LogP contribution in [-0.4, -0.2) is 69.1 Å². The highest BCUT2D eigenvalue weighted by molar-refractivity contribution is 8.00.